The molecule has 0 heterocycles. The average molecular weight is 142 g/mol. The highest BCUT2D eigenvalue weighted by atomic mass is 16.3. The summed E-state index contributed by atoms with van der Waals surface area (Å²) in [7, 11) is 0. The van der Waals surface area contributed by atoms with E-state index in [9.17, 15) is 9.90 Å². The van der Waals surface area contributed by atoms with Crippen LogP contribution in [-0.4, -0.2) is 17.0 Å². The second kappa shape index (κ2) is 2.35. The van der Waals surface area contributed by atoms with E-state index >= 15 is 0 Å². The molecule has 58 valence electrons. The van der Waals surface area contributed by atoms with Crippen molar-refractivity contribution < 1.29 is 9.90 Å². The summed E-state index contributed by atoms with van der Waals surface area (Å²) in [6.07, 6.45) is 1.85. The normalized spacial score (nSPS) is 32.3. The molecule has 0 bridgehead atoms. The van der Waals surface area contributed by atoms with E-state index in [0.29, 0.717) is 6.42 Å². The van der Waals surface area contributed by atoms with E-state index in [2.05, 4.69) is 0 Å². The first-order chi connectivity index (χ1) is 4.55. The van der Waals surface area contributed by atoms with Gasteiger partial charge >= 0.3 is 0 Å². The molecule has 1 saturated carbocycles. The first kappa shape index (κ1) is 7.73. The van der Waals surface area contributed by atoms with Gasteiger partial charge in [0, 0.05) is 11.8 Å². The molecule has 0 aromatic rings. The minimum absolute atomic E-state index is 0.200. The Labute approximate surface area is 61.2 Å². The van der Waals surface area contributed by atoms with Crippen molar-refractivity contribution in [2.75, 3.05) is 0 Å². The predicted octanol–water partition coefficient (Wildman–Crippen LogP) is 1.13. The molecule has 1 atom stereocenters. The fourth-order valence-electron chi connectivity index (χ4n) is 1.32. The smallest absolute Gasteiger partial charge is 0.141 e. The molecule has 0 aromatic carbocycles. The van der Waals surface area contributed by atoms with E-state index in [1.807, 2.05) is 13.8 Å². The number of carbonyl (C=O) groups is 1. The van der Waals surface area contributed by atoms with E-state index in [1.54, 1.807) is 0 Å². The molecule has 1 fully saturated rings. The molecule has 1 aliphatic rings. The summed E-state index contributed by atoms with van der Waals surface area (Å²) in [6, 6.07) is 0. The summed E-state index contributed by atoms with van der Waals surface area (Å²) < 4.78 is 0. The summed E-state index contributed by atoms with van der Waals surface area (Å²) in [6.45, 7) is 3.64. The van der Waals surface area contributed by atoms with Crippen molar-refractivity contribution in [2.45, 2.75) is 39.2 Å². The highest BCUT2D eigenvalue weighted by Gasteiger charge is 2.37. The Kier molecular flexibility index (Phi) is 1.82. The van der Waals surface area contributed by atoms with Crippen LogP contribution < -0.4 is 0 Å². The van der Waals surface area contributed by atoms with Crippen LogP contribution >= 0.6 is 0 Å². The Bertz CT molecular complexity index is 149. The Hall–Kier alpha value is -0.370. The predicted molar refractivity (Wildman–Crippen MR) is 38.6 cm³/mol. The topological polar surface area (TPSA) is 37.3 Å². The van der Waals surface area contributed by atoms with Gasteiger partial charge in [-0.15, -0.1) is 0 Å². The number of hydrogen-bond acceptors (Lipinski definition) is 2. The number of Topliss-reactive ketones (excluding diaryl/α,β-unsaturated/α-hetero) is 1. The second-order valence-electron chi connectivity index (χ2n) is 3.55. The van der Waals surface area contributed by atoms with Crippen molar-refractivity contribution in [3.8, 4) is 0 Å². The lowest BCUT2D eigenvalue weighted by molar-refractivity contribution is -0.136. The average Bonchev–Trinajstić information content (AvgIpc) is 1.84. The Morgan fingerprint density at radius 2 is 2.20 bits per heavy atom. The minimum atomic E-state index is -0.488. The fourth-order valence-corrected chi connectivity index (χ4v) is 1.32. The second-order valence-corrected chi connectivity index (χ2v) is 3.55. The van der Waals surface area contributed by atoms with E-state index < -0.39 is 11.5 Å². The van der Waals surface area contributed by atoms with Crippen LogP contribution in [0.3, 0.4) is 0 Å². The maximum atomic E-state index is 11.2. The van der Waals surface area contributed by atoms with E-state index in [-0.39, 0.29) is 5.78 Å². The third-order valence-corrected chi connectivity index (χ3v) is 2.43. The first-order valence-electron chi connectivity index (χ1n) is 3.76. The largest absolute Gasteiger partial charge is 0.392 e. The number of rotatable bonds is 0. The zero-order valence-electron chi connectivity index (χ0n) is 6.55. The molecule has 0 aromatic heterocycles. The van der Waals surface area contributed by atoms with Gasteiger partial charge in [-0.3, -0.25) is 4.79 Å². The SMILES string of the molecule is CC1(C)C(=O)CCC[C@@H]1O. The number of aliphatic hydroxyl groups is 1. The van der Waals surface area contributed by atoms with E-state index in [0.717, 1.165) is 12.8 Å². The summed E-state index contributed by atoms with van der Waals surface area (Å²) >= 11 is 0. The van der Waals surface area contributed by atoms with Crippen molar-refractivity contribution in [3.63, 3.8) is 0 Å². The summed E-state index contributed by atoms with van der Waals surface area (Å²) in [5.41, 5.74) is -0.488. The molecule has 10 heavy (non-hydrogen) atoms. The van der Waals surface area contributed by atoms with E-state index in [1.165, 1.54) is 0 Å². The standard InChI is InChI=1S/C8H14O2/c1-8(2)6(9)4-3-5-7(8)10/h6,9H,3-5H2,1-2H3/t6-/m0/s1. The van der Waals surface area contributed by atoms with Crippen molar-refractivity contribution in [1.29, 1.82) is 0 Å². The fraction of sp³-hybridized carbons (Fsp3) is 0.875. The van der Waals surface area contributed by atoms with Gasteiger partial charge in [0.05, 0.1) is 6.10 Å². The van der Waals surface area contributed by atoms with E-state index in [4.69, 9.17) is 0 Å². The number of hydrogen-bond donors (Lipinski definition) is 1. The number of ketones is 1. The van der Waals surface area contributed by atoms with Crippen molar-refractivity contribution in [2.24, 2.45) is 5.41 Å². The van der Waals surface area contributed by atoms with Crippen LogP contribution in [0.15, 0.2) is 0 Å². The molecule has 1 rings (SSSR count). The molecule has 2 nitrogen and oxygen atoms in total. The summed E-state index contributed by atoms with van der Waals surface area (Å²) in [4.78, 5) is 11.2. The lowest BCUT2D eigenvalue weighted by Gasteiger charge is -2.33. The van der Waals surface area contributed by atoms with Gasteiger partial charge in [0.15, 0.2) is 0 Å². The van der Waals surface area contributed by atoms with Gasteiger partial charge in [-0.1, -0.05) is 13.8 Å². The monoisotopic (exact) mass is 142 g/mol. The lowest BCUT2D eigenvalue weighted by Crippen LogP contribution is -2.40. The van der Waals surface area contributed by atoms with Gasteiger partial charge in [0.1, 0.15) is 5.78 Å². The highest BCUT2D eigenvalue weighted by Crippen LogP contribution is 2.31. The zero-order chi connectivity index (χ0) is 7.78. The van der Waals surface area contributed by atoms with Crippen molar-refractivity contribution >= 4 is 5.78 Å². The minimum Gasteiger partial charge on any atom is -0.392 e. The van der Waals surface area contributed by atoms with Gasteiger partial charge in [-0.05, 0) is 12.8 Å². The Morgan fingerprint density at radius 3 is 2.60 bits per heavy atom. The maximum absolute atomic E-state index is 11.2. The molecule has 0 unspecified atom stereocenters. The molecule has 0 amide bonds. The van der Waals surface area contributed by atoms with Crippen LogP contribution in [0.5, 0.6) is 0 Å². The quantitative estimate of drug-likeness (QED) is 0.550. The molecular weight excluding hydrogens is 128 g/mol. The van der Waals surface area contributed by atoms with Crippen LogP contribution in [0.2, 0.25) is 0 Å². The molecule has 2 heteroatoms. The third-order valence-electron chi connectivity index (χ3n) is 2.43. The Balaban J connectivity index is 2.73. The van der Waals surface area contributed by atoms with Crippen LogP contribution in [-0.2, 0) is 4.79 Å². The molecule has 0 aliphatic heterocycles. The van der Waals surface area contributed by atoms with Crippen molar-refractivity contribution in [3.05, 3.63) is 0 Å². The molecule has 1 N–H and O–H groups in total. The lowest BCUT2D eigenvalue weighted by atomic mass is 9.74. The maximum Gasteiger partial charge on any atom is 0.141 e. The van der Waals surface area contributed by atoms with Crippen LogP contribution in [0.4, 0.5) is 0 Å². The Morgan fingerprint density at radius 1 is 1.60 bits per heavy atom. The molecule has 0 radical (unpaired) electrons. The van der Waals surface area contributed by atoms with Gasteiger partial charge < -0.3 is 5.11 Å². The molecule has 0 saturated heterocycles. The first-order valence-corrected chi connectivity index (χ1v) is 3.76. The van der Waals surface area contributed by atoms with Gasteiger partial charge in [0.2, 0.25) is 0 Å². The van der Waals surface area contributed by atoms with Crippen LogP contribution in [0.25, 0.3) is 0 Å². The zero-order valence-corrected chi connectivity index (χ0v) is 6.55. The van der Waals surface area contributed by atoms with Crippen LogP contribution in [0, 0.1) is 5.41 Å². The van der Waals surface area contributed by atoms with Gasteiger partial charge in [0.25, 0.3) is 0 Å². The summed E-state index contributed by atoms with van der Waals surface area (Å²) in [5, 5.41) is 9.39. The van der Waals surface area contributed by atoms with Gasteiger partial charge in [-0.25, -0.2) is 0 Å². The van der Waals surface area contributed by atoms with Gasteiger partial charge in [-0.2, -0.15) is 0 Å². The van der Waals surface area contributed by atoms with Crippen LogP contribution in [0.1, 0.15) is 33.1 Å². The summed E-state index contributed by atoms with van der Waals surface area (Å²) in [5.74, 6) is 0.200. The third kappa shape index (κ3) is 1.08. The molecule has 0 spiro atoms. The number of carbonyl (C=O) groups excluding carboxylic acids is 1. The number of aliphatic hydroxyl groups excluding tert-OH is 1. The molecular formula is C8H14O2. The van der Waals surface area contributed by atoms with Crippen molar-refractivity contribution in [1.82, 2.24) is 0 Å². The highest BCUT2D eigenvalue weighted by molar-refractivity contribution is 5.85. The molecule has 1 aliphatic carbocycles.